The predicted molar refractivity (Wildman–Crippen MR) is 107 cm³/mol. The zero-order chi connectivity index (χ0) is 17.5. The van der Waals surface area contributed by atoms with Crippen molar-refractivity contribution < 1.29 is 15.2 Å². The summed E-state index contributed by atoms with van der Waals surface area (Å²) in [6, 6.07) is 15.4. The third-order valence-corrected chi connectivity index (χ3v) is 6.33. The van der Waals surface area contributed by atoms with Gasteiger partial charge in [0, 0.05) is 27.3 Å². The zero-order valence-corrected chi connectivity index (χ0v) is 17.7. The van der Waals surface area contributed by atoms with E-state index in [-0.39, 0.29) is 0 Å². The summed E-state index contributed by atoms with van der Waals surface area (Å²) in [6.45, 7) is 1.17. The minimum Gasteiger partial charge on any atom is -0.797 e. The van der Waals surface area contributed by atoms with E-state index >= 15 is 0 Å². The molecule has 2 aromatic carbocycles. The third-order valence-electron chi connectivity index (χ3n) is 2.88. The van der Waals surface area contributed by atoms with Crippen LogP contribution in [0.2, 0.25) is 5.02 Å². The number of rotatable bonds is 4. The van der Waals surface area contributed by atoms with E-state index in [0.717, 1.165) is 0 Å². The maximum atomic E-state index is 11.7. The standard InChI is InChI=1S/C8H10ClO2PS.C8H10IN/c1-2-11-12(10,13)8-5-3-7(9)4-6-8;1-6(10)7-2-4-8(9)5-3-7/h3-6H,2H2,1H3,(H,10,13);2-6H,10H2,1H3/t;6-/m.1/s1. The van der Waals surface area contributed by atoms with Crippen LogP contribution in [0.4, 0.5) is 0 Å². The largest absolute Gasteiger partial charge is 0.797 e. The van der Waals surface area contributed by atoms with Gasteiger partial charge in [-0.3, -0.25) is 0 Å². The van der Waals surface area contributed by atoms with E-state index < -0.39 is 6.49 Å². The Morgan fingerprint density at radius 2 is 1.74 bits per heavy atom. The van der Waals surface area contributed by atoms with Gasteiger partial charge in [0.25, 0.3) is 0 Å². The molecule has 0 aliphatic rings. The summed E-state index contributed by atoms with van der Waals surface area (Å²) in [7, 11) is 0. The van der Waals surface area contributed by atoms with Crippen LogP contribution >= 0.6 is 40.7 Å². The minimum absolute atomic E-state index is 0.351. The van der Waals surface area contributed by atoms with Crippen LogP contribution in [0.5, 0.6) is 0 Å². The average Bonchev–Trinajstić information content (AvgIpc) is 2.48. The van der Waals surface area contributed by atoms with Crippen molar-refractivity contribution >= 4 is 57.8 Å². The van der Waals surface area contributed by atoms with Crippen LogP contribution in [0.15, 0.2) is 48.5 Å². The predicted octanol–water partition coefficient (Wildman–Crippen LogP) is 3.27. The molecular formula is C16H20ClINO2PS. The molecule has 0 saturated carbocycles. The van der Waals surface area contributed by atoms with Gasteiger partial charge >= 0.3 is 0 Å². The van der Waals surface area contributed by atoms with Crippen molar-refractivity contribution in [1.29, 1.82) is 0 Å². The summed E-state index contributed by atoms with van der Waals surface area (Å²) < 4.78 is 6.26. The molecule has 0 aliphatic carbocycles. The van der Waals surface area contributed by atoms with E-state index in [1.165, 1.54) is 9.13 Å². The normalized spacial score (nSPS) is 14.3. The van der Waals surface area contributed by atoms with Gasteiger partial charge < -0.3 is 15.2 Å². The first-order chi connectivity index (χ1) is 10.8. The lowest BCUT2D eigenvalue weighted by Gasteiger charge is -2.27. The molecule has 3 N–H and O–H groups in total. The first-order valence-electron chi connectivity index (χ1n) is 7.06. The highest BCUT2D eigenvalue weighted by Gasteiger charge is 2.05. The summed E-state index contributed by atoms with van der Waals surface area (Å²) in [4.78, 5) is 11.7. The Kier molecular flexibility index (Phi) is 9.23. The lowest BCUT2D eigenvalue weighted by atomic mass is 10.1. The molecule has 3 nitrogen and oxygen atoms in total. The third kappa shape index (κ3) is 7.61. The second-order valence-corrected chi connectivity index (χ2v) is 9.74. The van der Waals surface area contributed by atoms with Crippen LogP contribution in [0.1, 0.15) is 25.5 Å². The molecule has 7 heteroatoms. The molecule has 23 heavy (non-hydrogen) atoms. The quantitative estimate of drug-likeness (QED) is 0.536. The van der Waals surface area contributed by atoms with Gasteiger partial charge in [0.05, 0.1) is 0 Å². The van der Waals surface area contributed by atoms with Gasteiger partial charge in [0.2, 0.25) is 0 Å². The van der Waals surface area contributed by atoms with Crippen LogP contribution in [0.3, 0.4) is 0 Å². The van der Waals surface area contributed by atoms with Crippen molar-refractivity contribution in [3.8, 4) is 0 Å². The molecule has 1 unspecified atom stereocenters. The van der Waals surface area contributed by atoms with Gasteiger partial charge in [-0.25, -0.2) is 0 Å². The fourth-order valence-corrected chi connectivity index (χ4v) is 3.83. The second kappa shape index (κ2) is 10.1. The Morgan fingerprint density at radius 3 is 2.17 bits per heavy atom. The smallest absolute Gasteiger partial charge is 0.107 e. The summed E-state index contributed by atoms with van der Waals surface area (Å²) in [5.74, 6) is 0. The maximum Gasteiger partial charge on any atom is 0.107 e. The van der Waals surface area contributed by atoms with E-state index in [0.29, 0.717) is 23.0 Å². The van der Waals surface area contributed by atoms with Crippen LogP contribution in [-0.4, -0.2) is 6.61 Å². The minimum atomic E-state index is -3.04. The molecule has 0 aromatic heterocycles. The van der Waals surface area contributed by atoms with Gasteiger partial charge in [-0.05, 0) is 66.0 Å². The molecule has 2 aromatic rings. The Labute approximate surface area is 161 Å². The Hall–Kier alpha value is -0.0100. The van der Waals surface area contributed by atoms with E-state index in [2.05, 4.69) is 59.5 Å². The van der Waals surface area contributed by atoms with Crippen molar-refractivity contribution in [2.75, 3.05) is 6.61 Å². The lowest BCUT2D eigenvalue weighted by molar-refractivity contribution is -0.420. The van der Waals surface area contributed by atoms with Crippen LogP contribution in [0, 0.1) is 3.57 Å². The Morgan fingerprint density at radius 1 is 1.22 bits per heavy atom. The van der Waals surface area contributed by atoms with Crippen molar-refractivity contribution in [2.24, 2.45) is 0 Å². The summed E-state index contributed by atoms with van der Waals surface area (Å²) in [5, 5.41) is 1.11. The molecule has 0 fully saturated rings. The van der Waals surface area contributed by atoms with Crippen LogP contribution < -0.4 is 15.9 Å². The zero-order valence-electron chi connectivity index (χ0n) is 13.0. The monoisotopic (exact) mass is 483 g/mol. The molecule has 0 heterocycles. The van der Waals surface area contributed by atoms with Gasteiger partial charge in [0.1, 0.15) is 6.04 Å². The number of halogens is 2. The highest BCUT2D eigenvalue weighted by molar-refractivity contribution is 14.1. The first-order valence-corrected chi connectivity index (χ1v) is 11.2. The number of hydrogen-bond donors (Lipinski definition) is 1. The van der Waals surface area contributed by atoms with Crippen molar-refractivity contribution in [3.63, 3.8) is 0 Å². The highest BCUT2D eigenvalue weighted by atomic mass is 127. The summed E-state index contributed by atoms with van der Waals surface area (Å²) in [6.07, 6.45) is 0. The van der Waals surface area contributed by atoms with Crippen molar-refractivity contribution in [2.45, 2.75) is 19.9 Å². The summed E-state index contributed by atoms with van der Waals surface area (Å²) in [5.41, 5.74) is 5.24. The molecule has 0 radical (unpaired) electrons. The summed E-state index contributed by atoms with van der Waals surface area (Å²) >= 11 is 12.8. The first kappa shape index (κ1) is 21.0. The van der Waals surface area contributed by atoms with Gasteiger partial charge in [-0.2, -0.15) is 0 Å². The maximum absolute atomic E-state index is 11.7. The van der Waals surface area contributed by atoms with E-state index in [9.17, 15) is 4.89 Å². The Balaban J connectivity index is 0.000000238. The molecule has 0 aliphatic heterocycles. The molecule has 0 saturated heterocycles. The SMILES string of the molecule is CCOP([O-])(=S)c1ccc(Cl)cc1.C[C@@H]([NH3+])c1ccc(I)cc1. The van der Waals surface area contributed by atoms with Crippen LogP contribution in [-0.2, 0) is 16.3 Å². The average molecular weight is 484 g/mol. The highest BCUT2D eigenvalue weighted by Crippen LogP contribution is 2.35. The number of hydrogen-bond acceptors (Lipinski definition) is 3. The van der Waals surface area contributed by atoms with Crippen LogP contribution in [0.25, 0.3) is 0 Å². The molecule has 0 amide bonds. The molecule has 0 spiro atoms. The van der Waals surface area contributed by atoms with E-state index in [4.69, 9.17) is 27.9 Å². The van der Waals surface area contributed by atoms with Gasteiger partial charge in [-0.1, -0.05) is 47.7 Å². The topological polar surface area (TPSA) is 59.9 Å². The van der Waals surface area contributed by atoms with Gasteiger partial charge in [-0.15, -0.1) is 0 Å². The van der Waals surface area contributed by atoms with Gasteiger partial charge in [0.15, 0.2) is 0 Å². The fourth-order valence-electron chi connectivity index (χ4n) is 1.66. The van der Waals surface area contributed by atoms with Crippen molar-refractivity contribution in [3.05, 3.63) is 62.7 Å². The molecular weight excluding hydrogens is 464 g/mol. The number of quaternary nitrogens is 1. The Bertz CT molecular complexity index is 650. The number of benzene rings is 2. The lowest BCUT2D eigenvalue weighted by Crippen LogP contribution is -2.51. The molecule has 0 bridgehead atoms. The van der Waals surface area contributed by atoms with E-state index in [1.54, 1.807) is 31.2 Å². The molecule has 126 valence electrons. The second-order valence-electron chi connectivity index (χ2n) is 4.84. The van der Waals surface area contributed by atoms with E-state index in [1.807, 2.05) is 0 Å². The molecule has 2 atom stereocenters. The van der Waals surface area contributed by atoms with Crippen molar-refractivity contribution in [1.82, 2.24) is 0 Å². The molecule has 2 rings (SSSR count). The fraction of sp³-hybridized carbons (Fsp3) is 0.250.